The first kappa shape index (κ1) is 16.1. The lowest BCUT2D eigenvalue weighted by atomic mass is 10.2. The average Bonchev–Trinajstić information content (AvgIpc) is 2.43. The SMILES string of the molecule is CCOc1cc(CNc2ccc(Cl)cc2Cl)cc(Cl)c1O. The van der Waals surface area contributed by atoms with Gasteiger partial charge in [0.1, 0.15) is 0 Å². The number of phenols is 1. The molecule has 2 aromatic carbocycles. The van der Waals surface area contributed by atoms with E-state index in [1.165, 1.54) is 0 Å². The molecule has 0 fully saturated rings. The molecule has 6 heteroatoms. The Balaban J connectivity index is 2.16. The van der Waals surface area contributed by atoms with E-state index in [1.807, 2.05) is 6.92 Å². The van der Waals surface area contributed by atoms with Gasteiger partial charge in [-0.25, -0.2) is 0 Å². The Morgan fingerprint density at radius 2 is 1.86 bits per heavy atom. The molecule has 0 amide bonds. The summed E-state index contributed by atoms with van der Waals surface area (Å²) in [5.41, 5.74) is 1.63. The van der Waals surface area contributed by atoms with Crippen LogP contribution in [0.25, 0.3) is 0 Å². The van der Waals surface area contributed by atoms with Crippen molar-refractivity contribution in [1.29, 1.82) is 0 Å². The van der Waals surface area contributed by atoms with Crippen LogP contribution < -0.4 is 10.1 Å². The quantitative estimate of drug-likeness (QED) is 0.765. The van der Waals surface area contributed by atoms with E-state index < -0.39 is 0 Å². The van der Waals surface area contributed by atoms with Crippen molar-refractivity contribution in [3.63, 3.8) is 0 Å². The minimum atomic E-state index is -0.0493. The molecule has 0 saturated carbocycles. The minimum Gasteiger partial charge on any atom is -0.503 e. The van der Waals surface area contributed by atoms with Crippen molar-refractivity contribution in [2.24, 2.45) is 0 Å². The largest absolute Gasteiger partial charge is 0.503 e. The maximum absolute atomic E-state index is 9.80. The Morgan fingerprint density at radius 3 is 2.52 bits per heavy atom. The number of rotatable bonds is 5. The number of halogens is 3. The van der Waals surface area contributed by atoms with Gasteiger partial charge in [0.15, 0.2) is 11.5 Å². The third-order valence-electron chi connectivity index (χ3n) is 2.80. The van der Waals surface area contributed by atoms with Gasteiger partial charge < -0.3 is 15.2 Å². The summed E-state index contributed by atoms with van der Waals surface area (Å²) in [7, 11) is 0. The number of anilines is 1. The van der Waals surface area contributed by atoms with Crippen LogP contribution in [0.2, 0.25) is 15.1 Å². The maximum Gasteiger partial charge on any atom is 0.176 e. The molecule has 2 aromatic rings. The van der Waals surface area contributed by atoms with E-state index in [0.717, 1.165) is 11.3 Å². The van der Waals surface area contributed by atoms with Gasteiger partial charge in [0.2, 0.25) is 0 Å². The number of aromatic hydroxyl groups is 1. The molecule has 0 atom stereocenters. The lowest BCUT2D eigenvalue weighted by molar-refractivity contribution is 0.318. The Kier molecular flexibility index (Phi) is 5.45. The third kappa shape index (κ3) is 4.10. The van der Waals surface area contributed by atoms with Gasteiger partial charge >= 0.3 is 0 Å². The second kappa shape index (κ2) is 7.12. The summed E-state index contributed by atoms with van der Waals surface area (Å²) in [5.74, 6) is 0.316. The highest BCUT2D eigenvalue weighted by Crippen LogP contribution is 2.35. The van der Waals surface area contributed by atoms with Gasteiger partial charge in [0.25, 0.3) is 0 Å². The predicted octanol–water partition coefficient (Wildman–Crippen LogP) is 5.36. The first-order valence-electron chi connectivity index (χ1n) is 6.34. The van der Waals surface area contributed by atoms with Crippen LogP contribution >= 0.6 is 34.8 Å². The Morgan fingerprint density at radius 1 is 1.10 bits per heavy atom. The number of hydrogen-bond acceptors (Lipinski definition) is 3. The van der Waals surface area contributed by atoms with Crippen LogP contribution in [-0.4, -0.2) is 11.7 Å². The van der Waals surface area contributed by atoms with E-state index in [0.29, 0.717) is 28.9 Å². The predicted molar refractivity (Wildman–Crippen MR) is 88.1 cm³/mol. The average molecular weight is 347 g/mol. The Hall–Kier alpha value is -1.29. The molecule has 0 unspecified atom stereocenters. The molecule has 21 heavy (non-hydrogen) atoms. The van der Waals surface area contributed by atoms with Crippen molar-refractivity contribution in [3.8, 4) is 11.5 Å². The molecule has 0 aliphatic carbocycles. The summed E-state index contributed by atoms with van der Waals surface area (Å²) >= 11 is 17.9. The number of nitrogens with one attached hydrogen (secondary N) is 1. The van der Waals surface area contributed by atoms with Crippen LogP contribution in [0.5, 0.6) is 11.5 Å². The smallest absolute Gasteiger partial charge is 0.176 e. The molecule has 112 valence electrons. The lowest BCUT2D eigenvalue weighted by Crippen LogP contribution is -2.01. The van der Waals surface area contributed by atoms with Gasteiger partial charge in [0.05, 0.1) is 22.3 Å². The summed E-state index contributed by atoms with van der Waals surface area (Å²) in [6.07, 6.45) is 0. The molecule has 0 aliphatic rings. The normalized spacial score (nSPS) is 10.5. The fourth-order valence-corrected chi connectivity index (χ4v) is 2.53. The molecule has 0 saturated heterocycles. The van der Waals surface area contributed by atoms with Crippen molar-refractivity contribution < 1.29 is 9.84 Å². The van der Waals surface area contributed by atoms with Crippen LogP contribution in [0.1, 0.15) is 12.5 Å². The number of phenolic OH excluding ortho intramolecular Hbond substituents is 1. The zero-order chi connectivity index (χ0) is 15.4. The monoisotopic (exact) mass is 345 g/mol. The minimum absolute atomic E-state index is 0.0493. The zero-order valence-corrected chi connectivity index (χ0v) is 13.6. The van der Waals surface area contributed by atoms with Crippen molar-refractivity contribution >= 4 is 40.5 Å². The molecule has 0 heterocycles. The van der Waals surface area contributed by atoms with E-state index >= 15 is 0 Å². The van der Waals surface area contributed by atoms with Gasteiger partial charge in [-0.05, 0) is 42.8 Å². The van der Waals surface area contributed by atoms with Gasteiger partial charge in [0, 0.05) is 11.6 Å². The molecule has 2 rings (SSSR count). The Labute approximate surface area is 138 Å². The van der Waals surface area contributed by atoms with Crippen molar-refractivity contribution in [2.75, 3.05) is 11.9 Å². The third-order valence-corrected chi connectivity index (χ3v) is 3.64. The highest BCUT2D eigenvalue weighted by Gasteiger charge is 2.10. The summed E-state index contributed by atoms with van der Waals surface area (Å²) in [6.45, 7) is 2.77. The van der Waals surface area contributed by atoms with Crippen molar-refractivity contribution in [3.05, 3.63) is 51.0 Å². The van der Waals surface area contributed by atoms with Crippen LogP contribution in [0.4, 0.5) is 5.69 Å². The second-order valence-electron chi connectivity index (χ2n) is 4.34. The molecule has 2 N–H and O–H groups in total. The summed E-state index contributed by atoms with van der Waals surface area (Å²) in [5, 5.41) is 14.4. The summed E-state index contributed by atoms with van der Waals surface area (Å²) < 4.78 is 5.34. The molecule has 3 nitrogen and oxygen atoms in total. The molecule has 0 aromatic heterocycles. The van der Waals surface area contributed by atoms with Crippen molar-refractivity contribution in [2.45, 2.75) is 13.5 Å². The van der Waals surface area contributed by atoms with E-state index in [1.54, 1.807) is 30.3 Å². The number of benzene rings is 2. The van der Waals surface area contributed by atoms with Crippen LogP contribution in [0.15, 0.2) is 30.3 Å². The molecule has 0 spiro atoms. The van der Waals surface area contributed by atoms with Gasteiger partial charge in [-0.3, -0.25) is 0 Å². The highest BCUT2D eigenvalue weighted by molar-refractivity contribution is 6.36. The van der Waals surface area contributed by atoms with E-state index in [2.05, 4.69) is 5.32 Å². The summed E-state index contributed by atoms with van der Waals surface area (Å²) in [4.78, 5) is 0. The lowest BCUT2D eigenvalue weighted by Gasteiger charge is -2.12. The molecular formula is C15H14Cl3NO2. The van der Waals surface area contributed by atoms with E-state index in [9.17, 15) is 5.11 Å². The molecular weight excluding hydrogens is 333 g/mol. The van der Waals surface area contributed by atoms with Crippen LogP contribution in [0, 0.1) is 0 Å². The first-order chi connectivity index (χ1) is 10.0. The standard InChI is InChI=1S/C15H14Cl3NO2/c1-2-21-14-6-9(5-12(18)15(14)20)8-19-13-4-3-10(16)7-11(13)17/h3-7,19-20H,2,8H2,1H3. The van der Waals surface area contributed by atoms with Crippen LogP contribution in [-0.2, 0) is 6.54 Å². The number of hydrogen-bond donors (Lipinski definition) is 2. The molecule has 0 radical (unpaired) electrons. The topological polar surface area (TPSA) is 41.5 Å². The van der Waals surface area contributed by atoms with Crippen LogP contribution in [0.3, 0.4) is 0 Å². The fourth-order valence-electron chi connectivity index (χ4n) is 1.82. The van der Waals surface area contributed by atoms with Gasteiger partial charge in [-0.2, -0.15) is 0 Å². The zero-order valence-electron chi connectivity index (χ0n) is 11.3. The van der Waals surface area contributed by atoms with Gasteiger partial charge in [-0.1, -0.05) is 34.8 Å². The van der Waals surface area contributed by atoms with E-state index in [4.69, 9.17) is 39.5 Å². The fraction of sp³-hybridized carbons (Fsp3) is 0.200. The number of ether oxygens (including phenoxy) is 1. The molecule has 0 aliphatic heterocycles. The van der Waals surface area contributed by atoms with E-state index in [-0.39, 0.29) is 10.8 Å². The Bertz CT molecular complexity index is 647. The first-order valence-corrected chi connectivity index (χ1v) is 7.47. The van der Waals surface area contributed by atoms with Crippen molar-refractivity contribution in [1.82, 2.24) is 0 Å². The summed E-state index contributed by atoms with van der Waals surface area (Å²) in [6, 6.07) is 8.64. The van der Waals surface area contributed by atoms with Gasteiger partial charge in [-0.15, -0.1) is 0 Å². The maximum atomic E-state index is 9.80. The second-order valence-corrected chi connectivity index (χ2v) is 5.59. The highest BCUT2D eigenvalue weighted by atomic mass is 35.5. The molecule has 0 bridgehead atoms.